The molecule has 2 amide bonds. The third-order valence-electron chi connectivity index (χ3n) is 2.45. The van der Waals surface area contributed by atoms with E-state index in [0.717, 1.165) is 17.1 Å². The van der Waals surface area contributed by atoms with E-state index in [0.29, 0.717) is 0 Å². The Bertz CT molecular complexity index is 568. The molecule has 0 aliphatic heterocycles. The zero-order valence-electron chi connectivity index (χ0n) is 10.8. The molecule has 0 saturated carbocycles. The summed E-state index contributed by atoms with van der Waals surface area (Å²) < 4.78 is 1.00. The number of rotatable bonds is 8. The molecule has 21 heavy (non-hydrogen) atoms. The van der Waals surface area contributed by atoms with Crippen molar-refractivity contribution in [3.8, 4) is 0 Å². The summed E-state index contributed by atoms with van der Waals surface area (Å²) in [5, 5.41) is 25.1. The Morgan fingerprint density at radius 2 is 2.19 bits per heavy atom. The lowest BCUT2D eigenvalue weighted by atomic mass is 10.1. The molecule has 114 valence electrons. The Kier molecular flexibility index (Phi) is 5.34. The van der Waals surface area contributed by atoms with Gasteiger partial charge in [0.15, 0.2) is 0 Å². The Morgan fingerprint density at radius 1 is 1.52 bits per heavy atom. The largest absolute Gasteiger partial charge is 0.480 e. The molecule has 0 aliphatic carbocycles. The molecule has 1 atom stereocenters. The zero-order chi connectivity index (χ0) is 16.0. The second kappa shape index (κ2) is 6.98. The smallest absolute Gasteiger partial charge is 0.326 e. The van der Waals surface area contributed by atoms with E-state index in [-0.39, 0.29) is 25.1 Å². The van der Waals surface area contributed by atoms with Crippen molar-refractivity contribution in [1.82, 2.24) is 15.1 Å². The third kappa shape index (κ3) is 5.26. The van der Waals surface area contributed by atoms with Crippen LogP contribution in [0.3, 0.4) is 0 Å². The molecule has 0 spiro atoms. The number of nitrogens with one attached hydrogen (secondary N) is 1. The fourth-order valence-electron chi connectivity index (χ4n) is 1.46. The van der Waals surface area contributed by atoms with E-state index in [1.807, 2.05) is 0 Å². The van der Waals surface area contributed by atoms with Gasteiger partial charge in [0.25, 0.3) is 0 Å². The molecule has 1 rings (SSSR count). The topological polar surface area (TPSA) is 170 Å². The first kappa shape index (κ1) is 16.1. The molecular formula is C10H13N5O6. The standard InChI is InChI=1S/C10H13N5O6/c11-8(16)2-1-7(10(18)19)13-9(17)5-14-4-6(3-12-14)15(20)21/h3-4,7H,1-2,5H2,(H2,11,16)(H,13,17)(H,18,19)/t7-/m1/s1. The van der Waals surface area contributed by atoms with Gasteiger partial charge < -0.3 is 16.2 Å². The minimum absolute atomic E-state index is 0.143. The van der Waals surface area contributed by atoms with E-state index in [2.05, 4.69) is 10.4 Å². The van der Waals surface area contributed by atoms with Gasteiger partial charge in [-0.2, -0.15) is 5.10 Å². The number of hydrogen-bond acceptors (Lipinski definition) is 6. The van der Waals surface area contributed by atoms with Crippen LogP contribution in [-0.2, 0) is 20.9 Å². The predicted molar refractivity (Wildman–Crippen MR) is 66.9 cm³/mol. The molecule has 1 heterocycles. The van der Waals surface area contributed by atoms with Gasteiger partial charge >= 0.3 is 11.7 Å². The predicted octanol–water partition coefficient (Wildman–Crippen LogP) is -1.37. The molecule has 0 aromatic carbocycles. The Labute approximate surface area is 117 Å². The molecule has 0 unspecified atom stereocenters. The van der Waals surface area contributed by atoms with Gasteiger partial charge in [-0.15, -0.1) is 0 Å². The van der Waals surface area contributed by atoms with E-state index >= 15 is 0 Å². The normalized spacial score (nSPS) is 11.6. The second-order valence-corrected chi connectivity index (χ2v) is 4.12. The highest BCUT2D eigenvalue weighted by Crippen LogP contribution is 2.07. The highest BCUT2D eigenvalue weighted by Gasteiger charge is 2.21. The maximum absolute atomic E-state index is 11.6. The maximum atomic E-state index is 11.6. The van der Waals surface area contributed by atoms with Gasteiger partial charge in [0.1, 0.15) is 25.0 Å². The van der Waals surface area contributed by atoms with Crippen molar-refractivity contribution in [3.05, 3.63) is 22.5 Å². The molecule has 0 fully saturated rings. The van der Waals surface area contributed by atoms with Crippen LogP contribution in [0.2, 0.25) is 0 Å². The number of carbonyl (C=O) groups is 3. The van der Waals surface area contributed by atoms with E-state index in [1.165, 1.54) is 0 Å². The lowest BCUT2D eigenvalue weighted by molar-refractivity contribution is -0.385. The van der Waals surface area contributed by atoms with Crippen LogP contribution in [0.4, 0.5) is 5.69 Å². The van der Waals surface area contributed by atoms with Crippen LogP contribution in [0.25, 0.3) is 0 Å². The first-order valence-electron chi connectivity index (χ1n) is 5.77. The molecule has 1 aromatic heterocycles. The molecule has 0 aliphatic rings. The first-order valence-corrected chi connectivity index (χ1v) is 5.77. The van der Waals surface area contributed by atoms with Crippen LogP contribution in [0.5, 0.6) is 0 Å². The van der Waals surface area contributed by atoms with Crippen molar-refractivity contribution < 1.29 is 24.4 Å². The Balaban J connectivity index is 2.58. The molecule has 11 heteroatoms. The van der Waals surface area contributed by atoms with E-state index in [9.17, 15) is 24.5 Å². The number of primary amides is 1. The molecule has 0 radical (unpaired) electrons. The van der Waals surface area contributed by atoms with Crippen LogP contribution in [0.15, 0.2) is 12.4 Å². The number of aliphatic carboxylic acids is 1. The highest BCUT2D eigenvalue weighted by molar-refractivity contribution is 5.84. The number of carboxylic acid groups (broad SMARTS) is 1. The van der Waals surface area contributed by atoms with Crippen molar-refractivity contribution in [1.29, 1.82) is 0 Å². The molecule has 0 bridgehead atoms. The molecule has 11 nitrogen and oxygen atoms in total. The summed E-state index contributed by atoms with van der Waals surface area (Å²) in [4.78, 5) is 42.9. The van der Waals surface area contributed by atoms with Gasteiger partial charge in [-0.05, 0) is 6.42 Å². The van der Waals surface area contributed by atoms with Gasteiger partial charge in [-0.1, -0.05) is 0 Å². The third-order valence-corrected chi connectivity index (χ3v) is 2.45. The minimum Gasteiger partial charge on any atom is -0.480 e. The number of nitro groups is 1. The summed E-state index contributed by atoms with van der Waals surface area (Å²) in [6.07, 6.45) is 1.67. The van der Waals surface area contributed by atoms with Gasteiger partial charge in [-0.3, -0.25) is 24.4 Å². The number of nitrogens with zero attached hydrogens (tertiary/aromatic N) is 3. The monoisotopic (exact) mass is 299 g/mol. The molecule has 4 N–H and O–H groups in total. The average molecular weight is 299 g/mol. The molecule has 0 saturated heterocycles. The van der Waals surface area contributed by atoms with Crippen LogP contribution in [0.1, 0.15) is 12.8 Å². The van der Waals surface area contributed by atoms with Crippen LogP contribution in [0, 0.1) is 10.1 Å². The maximum Gasteiger partial charge on any atom is 0.326 e. The van der Waals surface area contributed by atoms with Gasteiger partial charge in [0.2, 0.25) is 11.8 Å². The fourth-order valence-corrected chi connectivity index (χ4v) is 1.46. The molecule has 1 aromatic rings. The summed E-state index contributed by atoms with van der Waals surface area (Å²) in [6, 6.07) is -1.27. The Hall–Kier alpha value is -2.98. The van der Waals surface area contributed by atoms with E-state index < -0.39 is 28.7 Å². The van der Waals surface area contributed by atoms with Crippen molar-refractivity contribution in [2.24, 2.45) is 5.73 Å². The zero-order valence-corrected chi connectivity index (χ0v) is 10.8. The summed E-state index contributed by atoms with van der Waals surface area (Å²) >= 11 is 0. The van der Waals surface area contributed by atoms with Gasteiger partial charge in [0, 0.05) is 6.42 Å². The number of nitrogens with two attached hydrogens (primary N) is 1. The fraction of sp³-hybridized carbons (Fsp3) is 0.400. The van der Waals surface area contributed by atoms with Crippen molar-refractivity contribution in [2.45, 2.75) is 25.4 Å². The lowest BCUT2D eigenvalue weighted by Gasteiger charge is -2.13. The first-order chi connectivity index (χ1) is 9.79. The van der Waals surface area contributed by atoms with Gasteiger partial charge in [0.05, 0.1) is 4.92 Å². The van der Waals surface area contributed by atoms with Crippen molar-refractivity contribution >= 4 is 23.5 Å². The van der Waals surface area contributed by atoms with Crippen LogP contribution < -0.4 is 11.1 Å². The minimum atomic E-state index is -1.31. The van der Waals surface area contributed by atoms with Crippen molar-refractivity contribution in [3.63, 3.8) is 0 Å². The van der Waals surface area contributed by atoms with Crippen LogP contribution >= 0.6 is 0 Å². The Morgan fingerprint density at radius 3 is 2.67 bits per heavy atom. The van der Waals surface area contributed by atoms with E-state index in [4.69, 9.17) is 10.8 Å². The number of aromatic nitrogens is 2. The summed E-state index contributed by atoms with van der Waals surface area (Å²) in [7, 11) is 0. The van der Waals surface area contributed by atoms with Gasteiger partial charge in [-0.25, -0.2) is 4.79 Å². The number of carboxylic acids is 1. The second-order valence-electron chi connectivity index (χ2n) is 4.12. The number of carbonyl (C=O) groups excluding carboxylic acids is 2. The number of amides is 2. The van der Waals surface area contributed by atoms with Crippen molar-refractivity contribution in [2.75, 3.05) is 0 Å². The van der Waals surface area contributed by atoms with E-state index in [1.54, 1.807) is 0 Å². The van der Waals surface area contributed by atoms with Crippen LogP contribution in [-0.4, -0.2) is 43.6 Å². The summed E-state index contributed by atoms with van der Waals surface area (Å²) in [5.41, 5.74) is 4.62. The quantitative estimate of drug-likeness (QED) is 0.392. The SMILES string of the molecule is NC(=O)CC[C@@H](NC(=O)Cn1cc([N+](=O)[O-])cn1)C(=O)O. The molecular weight excluding hydrogens is 286 g/mol. The average Bonchev–Trinajstić information content (AvgIpc) is 2.82. The number of hydrogen-bond donors (Lipinski definition) is 3. The highest BCUT2D eigenvalue weighted by atomic mass is 16.6. The lowest BCUT2D eigenvalue weighted by Crippen LogP contribution is -2.42. The summed E-state index contributed by atoms with van der Waals surface area (Å²) in [6.45, 7) is -0.381. The summed E-state index contributed by atoms with van der Waals surface area (Å²) in [5.74, 6) is -2.70.